The van der Waals surface area contributed by atoms with Crippen molar-refractivity contribution in [2.45, 2.75) is 36.5 Å². The molecule has 0 bridgehead atoms. The Morgan fingerprint density at radius 3 is 1.56 bits per heavy atom. The third-order valence-corrected chi connectivity index (χ3v) is 5.16. The van der Waals surface area contributed by atoms with Gasteiger partial charge in [-0.25, -0.2) is 8.42 Å². The van der Waals surface area contributed by atoms with E-state index in [-0.39, 0.29) is 32.8 Å². The summed E-state index contributed by atoms with van der Waals surface area (Å²) in [5, 5.41) is 19.6. The van der Waals surface area contributed by atoms with Gasteiger partial charge in [-0.15, -0.1) is 0 Å². The molecule has 0 spiro atoms. The second-order valence-corrected chi connectivity index (χ2v) is 7.41. The summed E-state index contributed by atoms with van der Waals surface area (Å²) in [5.74, 6) is -0.0107. The maximum Gasteiger partial charge on any atom is 0.206 e. The second kappa shape index (κ2) is 8.11. The van der Waals surface area contributed by atoms with Gasteiger partial charge in [0.15, 0.2) is 23.0 Å². The molecule has 0 aliphatic heterocycles. The van der Waals surface area contributed by atoms with E-state index in [1.54, 1.807) is 0 Å². The van der Waals surface area contributed by atoms with E-state index in [9.17, 15) is 18.6 Å². The van der Waals surface area contributed by atoms with Gasteiger partial charge in [-0.05, 0) is 37.1 Å². The average Bonchev–Trinajstić information content (AvgIpc) is 2.60. The van der Waals surface area contributed by atoms with Crippen molar-refractivity contribution >= 4 is 9.84 Å². The van der Waals surface area contributed by atoms with Gasteiger partial charge in [0.2, 0.25) is 9.84 Å². The number of hydrogen-bond donors (Lipinski definition) is 2. The Hall–Kier alpha value is -2.41. The minimum absolute atomic E-state index is 0.0106. The lowest BCUT2D eigenvalue weighted by Gasteiger charge is -2.12. The molecule has 2 N–H and O–H groups in total. The van der Waals surface area contributed by atoms with Crippen molar-refractivity contribution in [1.82, 2.24) is 0 Å². The normalized spacial score (nSPS) is 11.3. The smallest absolute Gasteiger partial charge is 0.206 e. The summed E-state index contributed by atoms with van der Waals surface area (Å²) in [6, 6.07) is 7.77. The molecule has 0 aliphatic carbocycles. The summed E-state index contributed by atoms with van der Waals surface area (Å²) in [6.45, 7) is 4.55. The van der Waals surface area contributed by atoms with Crippen LogP contribution in [0.15, 0.2) is 46.2 Å². The first-order valence-electron chi connectivity index (χ1n) is 8.06. The van der Waals surface area contributed by atoms with Gasteiger partial charge in [0.05, 0.1) is 23.0 Å². The molecule has 0 aromatic heterocycles. The van der Waals surface area contributed by atoms with Gasteiger partial charge in [-0.1, -0.05) is 13.8 Å². The Morgan fingerprint density at radius 1 is 0.800 bits per heavy atom. The van der Waals surface area contributed by atoms with Crippen molar-refractivity contribution in [2.75, 3.05) is 13.2 Å². The van der Waals surface area contributed by atoms with Crippen LogP contribution in [-0.4, -0.2) is 31.8 Å². The van der Waals surface area contributed by atoms with Crippen LogP contribution in [-0.2, 0) is 9.84 Å². The van der Waals surface area contributed by atoms with Crippen LogP contribution < -0.4 is 9.47 Å². The standard InChI is InChI=1S/C18H22O6S/c1-3-9-23-17-11-13(5-7-15(17)19)25(21,22)14-6-8-16(20)18(12-14)24-10-4-2/h5-8,11-12,19-20H,3-4,9-10H2,1-2H3. The number of sulfone groups is 1. The van der Waals surface area contributed by atoms with Crippen molar-refractivity contribution < 1.29 is 28.1 Å². The van der Waals surface area contributed by atoms with E-state index in [2.05, 4.69) is 0 Å². The molecule has 0 fully saturated rings. The fourth-order valence-electron chi connectivity index (χ4n) is 2.11. The Balaban J connectivity index is 2.41. The number of aromatic hydroxyl groups is 2. The predicted octanol–water partition coefficient (Wildman–Crippen LogP) is 3.51. The zero-order valence-corrected chi connectivity index (χ0v) is 15.0. The van der Waals surface area contributed by atoms with Crippen LogP contribution in [0.25, 0.3) is 0 Å². The first kappa shape index (κ1) is 18.9. The molecule has 2 aromatic rings. The van der Waals surface area contributed by atoms with Crippen LogP contribution in [0.5, 0.6) is 23.0 Å². The quantitative estimate of drug-likeness (QED) is 0.743. The Labute approximate surface area is 147 Å². The van der Waals surface area contributed by atoms with Crippen LogP contribution in [0.1, 0.15) is 26.7 Å². The third-order valence-electron chi connectivity index (χ3n) is 3.41. The fourth-order valence-corrected chi connectivity index (χ4v) is 3.41. The van der Waals surface area contributed by atoms with Crippen LogP contribution in [0, 0.1) is 0 Å². The number of hydrogen-bond acceptors (Lipinski definition) is 6. The molecule has 0 atom stereocenters. The van der Waals surface area contributed by atoms with E-state index < -0.39 is 9.84 Å². The Morgan fingerprint density at radius 2 is 1.20 bits per heavy atom. The zero-order valence-electron chi connectivity index (χ0n) is 14.2. The van der Waals surface area contributed by atoms with E-state index >= 15 is 0 Å². The van der Waals surface area contributed by atoms with Crippen molar-refractivity contribution in [3.05, 3.63) is 36.4 Å². The van der Waals surface area contributed by atoms with Gasteiger partial charge in [-0.2, -0.15) is 0 Å². The SMILES string of the molecule is CCCOc1cc(S(=O)(=O)c2ccc(O)c(OCCC)c2)ccc1O. The maximum absolute atomic E-state index is 12.8. The topological polar surface area (TPSA) is 93.1 Å². The summed E-state index contributed by atoms with van der Waals surface area (Å²) in [4.78, 5) is -0.0212. The highest BCUT2D eigenvalue weighted by atomic mass is 32.2. The molecule has 2 rings (SSSR count). The van der Waals surface area contributed by atoms with Gasteiger partial charge < -0.3 is 19.7 Å². The minimum atomic E-state index is -3.85. The Kier molecular flexibility index (Phi) is 6.14. The number of benzene rings is 2. The largest absolute Gasteiger partial charge is 0.504 e. The molecular weight excluding hydrogens is 344 g/mol. The minimum Gasteiger partial charge on any atom is -0.504 e. The van der Waals surface area contributed by atoms with Crippen molar-refractivity contribution in [3.63, 3.8) is 0 Å². The molecule has 0 aliphatic rings. The molecular formula is C18H22O6S. The van der Waals surface area contributed by atoms with Crippen molar-refractivity contribution in [3.8, 4) is 23.0 Å². The highest BCUT2D eigenvalue weighted by Gasteiger charge is 2.21. The predicted molar refractivity (Wildman–Crippen MR) is 93.2 cm³/mol. The molecule has 0 heterocycles. The van der Waals surface area contributed by atoms with Crippen LogP contribution in [0.4, 0.5) is 0 Å². The van der Waals surface area contributed by atoms with E-state index in [1.807, 2.05) is 13.8 Å². The van der Waals surface area contributed by atoms with E-state index in [1.165, 1.54) is 36.4 Å². The maximum atomic E-state index is 12.8. The highest BCUT2D eigenvalue weighted by Crippen LogP contribution is 2.34. The molecule has 2 aromatic carbocycles. The summed E-state index contributed by atoms with van der Waals surface area (Å²) < 4.78 is 36.4. The number of phenolic OH excluding ortho intramolecular Hbond substituents is 2. The van der Waals surface area contributed by atoms with Crippen LogP contribution in [0.2, 0.25) is 0 Å². The Bertz CT molecular complexity index is 766. The van der Waals surface area contributed by atoms with Crippen molar-refractivity contribution in [1.29, 1.82) is 0 Å². The molecule has 0 unspecified atom stereocenters. The molecule has 7 heteroatoms. The van der Waals surface area contributed by atoms with E-state index in [0.29, 0.717) is 13.2 Å². The first-order chi connectivity index (χ1) is 11.9. The van der Waals surface area contributed by atoms with E-state index in [4.69, 9.17) is 9.47 Å². The third kappa shape index (κ3) is 4.36. The van der Waals surface area contributed by atoms with Crippen molar-refractivity contribution in [2.24, 2.45) is 0 Å². The zero-order chi connectivity index (χ0) is 18.4. The van der Waals surface area contributed by atoms with Crippen LogP contribution in [0.3, 0.4) is 0 Å². The number of phenols is 2. The van der Waals surface area contributed by atoms with Gasteiger partial charge in [-0.3, -0.25) is 0 Å². The number of ether oxygens (including phenoxy) is 2. The molecule has 0 radical (unpaired) electrons. The summed E-state index contributed by atoms with van der Waals surface area (Å²) in [6.07, 6.45) is 1.46. The summed E-state index contributed by atoms with van der Waals surface area (Å²) in [5.41, 5.74) is 0. The molecule has 0 saturated carbocycles. The monoisotopic (exact) mass is 366 g/mol. The lowest BCUT2D eigenvalue weighted by Crippen LogP contribution is -2.04. The molecule has 25 heavy (non-hydrogen) atoms. The van der Waals surface area contributed by atoms with Gasteiger partial charge in [0.25, 0.3) is 0 Å². The van der Waals surface area contributed by atoms with Crippen LogP contribution >= 0.6 is 0 Å². The second-order valence-electron chi connectivity index (χ2n) is 5.46. The lowest BCUT2D eigenvalue weighted by molar-refractivity contribution is 0.298. The average molecular weight is 366 g/mol. The van der Waals surface area contributed by atoms with Gasteiger partial charge in [0.1, 0.15) is 0 Å². The molecule has 0 amide bonds. The van der Waals surface area contributed by atoms with Gasteiger partial charge in [0, 0.05) is 12.1 Å². The molecule has 136 valence electrons. The molecule has 6 nitrogen and oxygen atoms in total. The lowest BCUT2D eigenvalue weighted by atomic mass is 10.3. The van der Waals surface area contributed by atoms with Gasteiger partial charge >= 0.3 is 0 Å². The first-order valence-corrected chi connectivity index (χ1v) is 9.55. The highest BCUT2D eigenvalue weighted by molar-refractivity contribution is 7.91. The fraction of sp³-hybridized carbons (Fsp3) is 0.333. The number of rotatable bonds is 8. The van der Waals surface area contributed by atoms with E-state index in [0.717, 1.165) is 12.8 Å². The summed E-state index contributed by atoms with van der Waals surface area (Å²) in [7, 11) is -3.85. The molecule has 0 saturated heterocycles. The summed E-state index contributed by atoms with van der Waals surface area (Å²) >= 11 is 0.